The van der Waals surface area contributed by atoms with Crippen LogP contribution in [0.3, 0.4) is 0 Å². The van der Waals surface area contributed by atoms with Gasteiger partial charge < -0.3 is 9.84 Å². The predicted octanol–water partition coefficient (Wildman–Crippen LogP) is 4.16. The molecular formula is C34H41N3O7S2. The first-order chi connectivity index (χ1) is 21.7. The second kappa shape index (κ2) is 12.4. The number of carbonyl (C=O) groups excluding carboxylic acids is 1. The zero-order valence-electron chi connectivity index (χ0n) is 25.8. The van der Waals surface area contributed by atoms with E-state index in [0.717, 1.165) is 38.5 Å². The van der Waals surface area contributed by atoms with E-state index in [2.05, 4.69) is 13.0 Å². The fourth-order valence-corrected chi connectivity index (χ4v) is 9.59. The monoisotopic (exact) mass is 667 g/mol. The maximum Gasteiger partial charge on any atom is 0.320 e. The first-order valence-corrected chi connectivity index (χ1v) is 18.8. The molecule has 0 aliphatic heterocycles. The summed E-state index contributed by atoms with van der Waals surface area (Å²) in [4.78, 5) is 15.3. The minimum absolute atomic E-state index is 0.0357. The van der Waals surface area contributed by atoms with Crippen LogP contribution in [0.5, 0.6) is 5.75 Å². The average Bonchev–Trinajstić information content (AvgIpc) is 3.32. The number of benzene rings is 3. The number of phenolic OH excluding ortho intramolecular Hbond substituents is 1. The number of sulfonamides is 2. The Morgan fingerprint density at radius 2 is 1.52 bits per heavy atom. The average molecular weight is 668 g/mol. The Bertz CT molecular complexity index is 1790. The molecule has 3 aromatic rings. The number of carbonyl (C=O) groups is 1. The Balaban J connectivity index is 1.19. The largest absolute Gasteiger partial charge is 0.508 e. The molecule has 5 atom stereocenters. The van der Waals surface area contributed by atoms with Crippen LogP contribution in [-0.2, 0) is 49.1 Å². The van der Waals surface area contributed by atoms with Gasteiger partial charge in [-0.1, -0.05) is 37.3 Å². The van der Waals surface area contributed by atoms with Gasteiger partial charge in [0, 0.05) is 18.5 Å². The number of hydrogen-bond acceptors (Lipinski definition) is 8. The Morgan fingerprint density at radius 3 is 2.13 bits per heavy atom. The highest BCUT2D eigenvalue weighted by atomic mass is 32.2. The summed E-state index contributed by atoms with van der Waals surface area (Å²) in [5.41, 5.74) is 3.71. The third-order valence-corrected chi connectivity index (χ3v) is 12.3. The molecule has 3 aliphatic carbocycles. The molecule has 0 aromatic heterocycles. The summed E-state index contributed by atoms with van der Waals surface area (Å²) in [5.74, 6) is 1.32. The summed E-state index contributed by atoms with van der Waals surface area (Å²) >= 11 is 0. The SMILES string of the molecule is CC12CCC3c4ccc(O)cc4CCC3C1CCC2OC(=O)CN(Cc1cccc(S(N)(=O)=O)c1)Cc1cccc(S(N)(=O)=O)c1. The lowest BCUT2D eigenvalue weighted by molar-refractivity contribution is -0.159. The van der Waals surface area contributed by atoms with Gasteiger partial charge in [0.2, 0.25) is 20.0 Å². The normalized spacial score (nSPS) is 25.8. The van der Waals surface area contributed by atoms with Gasteiger partial charge in [-0.3, -0.25) is 9.69 Å². The third-order valence-electron chi connectivity index (χ3n) is 10.5. The molecule has 3 aliphatic rings. The van der Waals surface area contributed by atoms with E-state index in [1.54, 1.807) is 35.2 Å². The molecule has 3 aromatic carbocycles. The third kappa shape index (κ3) is 6.72. The van der Waals surface area contributed by atoms with Crippen LogP contribution in [0.2, 0.25) is 0 Å². The number of aryl methyl sites for hydroxylation is 1. The van der Waals surface area contributed by atoms with Crippen LogP contribution >= 0.6 is 0 Å². The number of hydrogen-bond donors (Lipinski definition) is 3. The molecular weight excluding hydrogens is 627 g/mol. The molecule has 2 fully saturated rings. The molecule has 246 valence electrons. The van der Waals surface area contributed by atoms with Crippen molar-refractivity contribution in [2.45, 2.75) is 80.4 Å². The topological polar surface area (TPSA) is 170 Å². The van der Waals surface area contributed by atoms with E-state index in [-0.39, 0.29) is 46.9 Å². The summed E-state index contributed by atoms with van der Waals surface area (Å²) in [6.45, 7) is 2.57. The maximum absolute atomic E-state index is 13.6. The fourth-order valence-electron chi connectivity index (χ4n) is 8.42. The Morgan fingerprint density at radius 1 is 0.891 bits per heavy atom. The highest BCUT2D eigenvalue weighted by Gasteiger charge is 2.56. The Kier molecular flexibility index (Phi) is 8.79. The van der Waals surface area contributed by atoms with E-state index >= 15 is 0 Å². The summed E-state index contributed by atoms with van der Waals surface area (Å²) in [6.07, 6.45) is 5.53. The van der Waals surface area contributed by atoms with Crippen LogP contribution in [0.15, 0.2) is 76.5 Å². The van der Waals surface area contributed by atoms with Gasteiger partial charge >= 0.3 is 5.97 Å². The first-order valence-electron chi connectivity index (χ1n) is 15.7. The zero-order chi connectivity index (χ0) is 32.9. The van der Waals surface area contributed by atoms with Crippen molar-refractivity contribution in [3.63, 3.8) is 0 Å². The molecule has 46 heavy (non-hydrogen) atoms. The van der Waals surface area contributed by atoms with Crippen LogP contribution in [-0.4, -0.2) is 45.5 Å². The van der Waals surface area contributed by atoms with Crippen molar-refractivity contribution in [2.24, 2.45) is 27.5 Å². The van der Waals surface area contributed by atoms with Gasteiger partial charge in [0.25, 0.3) is 0 Å². The molecule has 5 N–H and O–H groups in total. The number of esters is 1. The van der Waals surface area contributed by atoms with Crippen molar-refractivity contribution >= 4 is 26.0 Å². The number of nitrogens with zero attached hydrogens (tertiary/aromatic N) is 1. The summed E-state index contributed by atoms with van der Waals surface area (Å²) in [5, 5.41) is 20.7. The van der Waals surface area contributed by atoms with Crippen molar-refractivity contribution in [1.82, 2.24) is 4.90 Å². The van der Waals surface area contributed by atoms with Crippen LogP contribution in [0.4, 0.5) is 0 Å². The van der Waals surface area contributed by atoms with E-state index in [1.165, 1.54) is 35.4 Å². The van der Waals surface area contributed by atoms with E-state index < -0.39 is 20.0 Å². The van der Waals surface area contributed by atoms with Crippen LogP contribution in [0.1, 0.15) is 67.2 Å². The first kappa shape index (κ1) is 32.6. The molecule has 0 radical (unpaired) electrons. The quantitative estimate of drug-likeness (QED) is 0.286. The van der Waals surface area contributed by atoms with Gasteiger partial charge in [-0.15, -0.1) is 0 Å². The predicted molar refractivity (Wildman–Crippen MR) is 172 cm³/mol. The molecule has 0 amide bonds. The fraction of sp³-hybridized carbons (Fsp3) is 0.441. The smallest absolute Gasteiger partial charge is 0.320 e. The molecule has 10 nitrogen and oxygen atoms in total. The van der Waals surface area contributed by atoms with Gasteiger partial charge in [-0.2, -0.15) is 0 Å². The minimum atomic E-state index is -3.93. The molecule has 0 spiro atoms. The Hall–Kier alpha value is -3.29. The standard InChI is InChI=1S/C34H41N3O7S2/c1-34-15-14-29-28-11-9-25(38)18-24(28)8-10-30(29)31(34)12-13-32(34)44-33(39)21-37(19-22-4-2-6-26(16-22)45(35,40)41)20-23-5-3-7-27(17-23)46(36,42)43/h2-7,9,11,16-18,29-32,38H,8,10,12-15,19-21H2,1H3,(H2,35,40,41)(H2,36,42,43). The van der Waals surface area contributed by atoms with Gasteiger partial charge in [0.05, 0.1) is 16.3 Å². The number of aromatic hydroxyl groups is 1. The number of ether oxygens (including phenoxy) is 1. The highest BCUT2D eigenvalue weighted by molar-refractivity contribution is 7.89. The maximum atomic E-state index is 13.6. The van der Waals surface area contributed by atoms with Gasteiger partial charge in [0.1, 0.15) is 11.9 Å². The Labute approximate surface area is 270 Å². The van der Waals surface area contributed by atoms with Crippen LogP contribution in [0, 0.1) is 17.3 Å². The van der Waals surface area contributed by atoms with Crippen molar-refractivity contribution in [1.29, 1.82) is 0 Å². The van der Waals surface area contributed by atoms with Gasteiger partial charge in [0.15, 0.2) is 0 Å². The van der Waals surface area contributed by atoms with Gasteiger partial charge in [-0.05, 0) is 115 Å². The molecule has 5 unspecified atom stereocenters. The molecule has 12 heteroatoms. The van der Waals surface area contributed by atoms with E-state index in [4.69, 9.17) is 15.0 Å². The summed E-state index contributed by atoms with van der Waals surface area (Å²) < 4.78 is 54.2. The van der Waals surface area contributed by atoms with E-state index in [9.17, 15) is 26.7 Å². The highest BCUT2D eigenvalue weighted by Crippen LogP contribution is 2.61. The summed E-state index contributed by atoms with van der Waals surface area (Å²) in [7, 11) is -7.86. The lowest BCUT2D eigenvalue weighted by atomic mass is 9.55. The zero-order valence-corrected chi connectivity index (χ0v) is 27.5. The van der Waals surface area contributed by atoms with Crippen molar-refractivity contribution in [2.75, 3.05) is 6.54 Å². The minimum Gasteiger partial charge on any atom is -0.508 e. The second-order valence-corrected chi connectivity index (χ2v) is 16.6. The number of rotatable bonds is 9. The number of nitrogens with two attached hydrogens (primary N) is 2. The number of fused-ring (bicyclic) bond motifs is 5. The lowest BCUT2D eigenvalue weighted by Crippen LogP contribution is -2.45. The number of phenols is 1. The molecule has 2 saturated carbocycles. The molecule has 6 rings (SSSR count). The van der Waals surface area contributed by atoms with Crippen LogP contribution in [0.25, 0.3) is 0 Å². The molecule has 0 saturated heterocycles. The summed E-state index contributed by atoms with van der Waals surface area (Å²) in [6, 6.07) is 18.2. The van der Waals surface area contributed by atoms with Crippen molar-refractivity contribution in [3.8, 4) is 5.75 Å². The van der Waals surface area contributed by atoms with Crippen molar-refractivity contribution < 1.29 is 31.5 Å². The van der Waals surface area contributed by atoms with Gasteiger partial charge in [-0.25, -0.2) is 27.1 Å². The van der Waals surface area contributed by atoms with Crippen LogP contribution < -0.4 is 10.3 Å². The van der Waals surface area contributed by atoms with Crippen molar-refractivity contribution in [3.05, 3.63) is 89.0 Å². The molecule has 0 bridgehead atoms. The molecule has 0 heterocycles. The lowest BCUT2D eigenvalue weighted by Gasteiger charge is -2.50. The van der Waals surface area contributed by atoms with E-state index in [1.807, 2.05) is 6.07 Å². The number of primary sulfonamides is 2. The van der Waals surface area contributed by atoms with E-state index in [0.29, 0.717) is 34.6 Å². The second-order valence-electron chi connectivity index (χ2n) is 13.4.